The third-order valence-electron chi connectivity index (χ3n) is 4.12. The van der Waals surface area contributed by atoms with Gasteiger partial charge in [-0.2, -0.15) is 0 Å². The number of halogens is 1. The van der Waals surface area contributed by atoms with E-state index in [1.165, 1.54) is 10.6 Å². The third-order valence-corrected chi connectivity index (χ3v) is 4.37. The van der Waals surface area contributed by atoms with Gasteiger partial charge in [0.1, 0.15) is 12.4 Å². The molecule has 27 heavy (non-hydrogen) atoms. The lowest BCUT2D eigenvalue weighted by Gasteiger charge is -2.13. The van der Waals surface area contributed by atoms with Gasteiger partial charge in [-0.05, 0) is 31.0 Å². The molecule has 1 amide bonds. The summed E-state index contributed by atoms with van der Waals surface area (Å²) < 4.78 is 1.40. The molecule has 0 fully saturated rings. The van der Waals surface area contributed by atoms with Crippen molar-refractivity contribution in [3.63, 3.8) is 0 Å². The van der Waals surface area contributed by atoms with Crippen molar-refractivity contribution in [1.29, 1.82) is 0 Å². The van der Waals surface area contributed by atoms with Crippen LogP contribution in [0.15, 0.2) is 65.5 Å². The van der Waals surface area contributed by atoms with Crippen LogP contribution in [0, 0.1) is 6.92 Å². The van der Waals surface area contributed by atoms with E-state index in [2.05, 4.69) is 10.3 Å². The average molecular weight is 382 g/mol. The number of hydrogen-bond donors (Lipinski definition) is 1. The first-order valence-electron chi connectivity index (χ1n) is 8.68. The molecule has 6 heteroatoms. The van der Waals surface area contributed by atoms with Gasteiger partial charge in [0.05, 0.1) is 0 Å². The number of hydrogen-bond acceptors (Lipinski definition) is 3. The Kier molecular flexibility index (Phi) is 6.04. The van der Waals surface area contributed by atoms with Crippen molar-refractivity contribution in [1.82, 2.24) is 14.9 Å². The van der Waals surface area contributed by atoms with Gasteiger partial charge in [0, 0.05) is 28.9 Å². The van der Waals surface area contributed by atoms with Crippen LogP contribution >= 0.6 is 11.6 Å². The first-order chi connectivity index (χ1) is 13.0. The van der Waals surface area contributed by atoms with Crippen LogP contribution in [0.2, 0.25) is 5.02 Å². The van der Waals surface area contributed by atoms with Gasteiger partial charge in [-0.1, -0.05) is 54.1 Å². The van der Waals surface area contributed by atoms with Gasteiger partial charge in [-0.15, -0.1) is 0 Å². The highest BCUT2D eigenvalue weighted by Crippen LogP contribution is 2.15. The number of carbonyl (C=O) groups excluding carboxylic acids is 1. The Morgan fingerprint density at radius 3 is 2.52 bits per heavy atom. The minimum Gasteiger partial charge on any atom is -0.354 e. The molecule has 0 saturated carbocycles. The molecule has 1 aromatic heterocycles. The normalized spacial score (nSPS) is 10.6. The first-order valence-corrected chi connectivity index (χ1v) is 9.06. The van der Waals surface area contributed by atoms with Gasteiger partial charge in [-0.3, -0.25) is 14.2 Å². The Morgan fingerprint density at radius 2 is 1.81 bits per heavy atom. The molecule has 0 spiro atoms. The largest absolute Gasteiger partial charge is 0.354 e. The predicted octanol–water partition coefficient (Wildman–Crippen LogP) is 3.23. The lowest BCUT2D eigenvalue weighted by molar-refractivity contribution is -0.121. The molecule has 2 aromatic carbocycles. The van der Waals surface area contributed by atoms with Crippen LogP contribution in [0.1, 0.15) is 11.3 Å². The second-order valence-electron chi connectivity index (χ2n) is 6.24. The van der Waals surface area contributed by atoms with Gasteiger partial charge >= 0.3 is 0 Å². The molecule has 0 aliphatic rings. The third kappa shape index (κ3) is 5.05. The molecule has 138 valence electrons. The van der Waals surface area contributed by atoms with Gasteiger partial charge in [-0.25, -0.2) is 4.98 Å². The molecule has 0 aliphatic carbocycles. The summed E-state index contributed by atoms with van der Waals surface area (Å²) in [5, 5.41) is 3.54. The van der Waals surface area contributed by atoms with Crippen molar-refractivity contribution >= 4 is 17.5 Å². The average Bonchev–Trinajstić information content (AvgIpc) is 2.66. The van der Waals surface area contributed by atoms with Crippen LogP contribution in [-0.4, -0.2) is 22.0 Å². The minimum atomic E-state index is -0.241. The molecule has 0 radical (unpaired) electrons. The lowest BCUT2D eigenvalue weighted by atomic mass is 10.1. The molecule has 3 rings (SSSR count). The Hall–Kier alpha value is -2.92. The van der Waals surface area contributed by atoms with Crippen LogP contribution in [0.4, 0.5) is 0 Å². The van der Waals surface area contributed by atoms with E-state index in [9.17, 15) is 9.59 Å². The number of nitrogens with zero attached hydrogens (tertiary/aromatic N) is 2. The van der Waals surface area contributed by atoms with E-state index >= 15 is 0 Å². The van der Waals surface area contributed by atoms with Gasteiger partial charge in [0.25, 0.3) is 5.56 Å². The summed E-state index contributed by atoms with van der Waals surface area (Å²) in [6.45, 7) is 2.18. The Balaban J connectivity index is 1.70. The van der Waals surface area contributed by atoms with Gasteiger partial charge in [0.15, 0.2) is 0 Å². The van der Waals surface area contributed by atoms with E-state index in [0.717, 1.165) is 11.1 Å². The minimum absolute atomic E-state index is 0.0725. The van der Waals surface area contributed by atoms with Crippen molar-refractivity contribution in [2.45, 2.75) is 19.9 Å². The maximum atomic E-state index is 12.4. The van der Waals surface area contributed by atoms with E-state index in [1.54, 1.807) is 6.92 Å². The summed E-state index contributed by atoms with van der Waals surface area (Å²) in [5.41, 5.74) is 2.26. The van der Waals surface area contributed by atoms with Crippen molar-refractivity contribution in [3.8, 4) is 11.4 Å². The van der Waals surface area contributed by atoms with Gasteiger partial charge in [0.2, 0.25) is 5.91 Å². The zero-order valence-electron chi connectivity index (χ0n) is 15.0. The summed E-state index contributed by atoms with van der Waals surface area (Å²) in [7, 11) is 0. The summed E-state index contributed by atoms with van der Waals surface area (Å²) in [6.07, 6.45) is 0.690. The molecule has 1 N–H and O–H groups in total. The number of carbonyl (C=O) groups is 1. The summed E-state index contributed by atoms with van der Waals surface area (Å²) >= 11 is 5.87. The van der Waals surface area contributed by atoms with Gasteiger partial charge < -0.3 is 5.32 Å². The molecular weight excluding hydrogens is 362 g/mol. The molecule has 0 aliphatic heterocycles. The SMILES string of the molecule is Cc1cc(=O)n(CC(=O)NCCc2ccc(Cl)cc2)c(-c2ccccc2)n1. The van der Waals surface area contributed by atoms with E-state index in [-0.39, 0.29) is 18.0 Å². The second kappa shape index (κ2) is 8.64. The number of aryl methyl sites for hydroxylation is 1. The highest BCUT2D eigenvalue weighted by Gasteiger charge is 2.12. The molecule has 5 nitrogen and oxygen atoms in total. The number of amides is 1. The summed E-state index contributed by atoms with van der Waals surface area (Å²) in [5.74, 6) is 0.266. The smallest absolute Gasteiger partial charge is 0.254 e. The highest BCUT2D eigenvalue weighted by atomic mass is 35.5. The fourth-order valence-corrected chi connectivity index (χ4v) is 2.90. The number of nitrogens with one attached hydrogen (secondary N) is 1. The van der Waals surface area contributed by atoms with Crippen molar-refractivity contribution in [2.75, 3.05) is 6.54 Å². The fourth-order valence-electron chi connectivity index (χ4n) is 2.78. The molecule has 0 bridgehead atoms. The van der Waals surface area contributed by atoms with Crippen LogP contribution in [0.5, 0.6) is 0 Å². The van der Waals surface area contributed by atoms with Crippen LogP contribution in [0.3, 0.4) is 0 Å². The zero-order valence-corrected chi connectivity index (χ0v) is 15.7. The standard InChI is InChI=1S/C21H20ClN3O2/c1-15-13-20(27)25(21(24-15)17-5-3-2-4-6-17)14-19(26)23-12-11-16-7-9-18(22)10-8-16/h2-10,13H,11-12,14H2,1H3,(H,23,26). The van der Waals surface area contributed by atoms with Crippen molar-refractivity contribution in [3.05, 3.63) is 87.3 Å². The van der Waals surface area contributed by atoms with Crippen molar-refractivity contribution < 1.29 is 4.79 Å². The summed E-state index contributed by atoms with van der Waals surface area (Å²) in [6, 6.07) is 18.3. The monoisotopic (exact) mass is 381 g/mol. The zero-order chi connectivity index (χ0) is 19.2. The van der Waals surface area contributed by atoms with Crippen LogP contribution in [0.25, 0.3) is 11.4 Å². The molecule has 1 heterocycles. The first kappa shape index (κ1) is 18.9. The second-order valence-corrected chi connectivity index (χ2v) is 6.67. The molecule has 0 saturated heterocycles. The molecule has 0 atom stereocenters. The van der Waals surface area contributed by atoms with E-state index in [1.807, 2.05) is 54.6 Å². The Labute approximate surface area is 162 Å². The highest BCUT2D eigenvalue weighted by molar-refractivity contribution is 6.30. The number of aromatic nitrogens is 2. The molecule has 0 unspecified atom stereocenters. The fraction of sp³-hybridized carbons (Fsp3) is 0.190. The Morgan fingerprint density at radius 1 is 1.11 bits per heavy atom. The van der Waals surface area contributed by atoms with Crippen LogP contribution < -0.4 is 10.9 Å². The van der Waals surface area contributed by atoms with Crippen LogP contribution in [-0.2, 0) is 17.8 Å². The maximum Gasteiger partial charge on any atom is 0.254 e. The van der Waals surface area contributed by atoms with E-state index in [4.69, 9.17) is 11.6 Å². The number of rotatable bonds is 6. The lowest BCUT2D eigenvalue weighted by Crippen LogP contribution is -2.34. The maximum absolute atomic E-state index is 12.4. The topological polar surface area (TPSA) is 64.0 Å². The molecule has 3 aromatic rings. The van der Waals surface area contributed by atoms with E-state index < -0.39 is 0 Å². The van der Waals surface area contributed by atoms with Crippen molar-refractivity contribution in [2.24, 2.45) is 0 Å². The quantitative estimate of drug-likeness (QED) is 0.713. The summed E-state index contributed by atoms with van der Waals surface area (Å²) in [4.78, 5) is 29.2. The van der Waals surface area contributed by atoms with E-state index in [0.29, 0.717) is 29.5 Å². The predicted molar refractivity (Wildman–Crippen MR) is 107 cm³/mol. The molecular formula is C21H20ClN3O2. The number of benzene rings is 2. The Bertz CT molecular complexity index is 983.